The number of phenolic OH excluding ortho intramolecular Hbond substituents is 1. The van der Waals surface area contributed by atoms with E-state index in [1.165, 1.54) is 19.2 Å². The zero-order valence-corrected chi connectivity index (χ0v) is 31.5. The van der Waals surface area contributed by atoms with Crippen LogP contribution in [0.5, 0.6) is 11.5 Å². The summed E-state index contributed by atoms with van der Waals surface area (Å²) >= 11 is 17.7. The SMILES string of the molecule is COc1cc(Br)cc(C2C3=CCC4C(=O)N(c5ccc(N6CCOCC6)cc5)C(=O)C4C3CC3(Cl)C(=O)N(c4c(F)c(F)c(F)c(F)c4F)C(=O)C23Cl)c1O. The molecule has 8 rings (SSSR count). The molecule has 3 aliphatic heterocycles. The van der Waals surface area contributed by atoms with Gasteiger partial charge in [0.15, 0.2) is 44.5 Å². The number of phenols is 1. The molecule has 55 heavy (non-hydrogen) atoms. The van der Waals surface area contributed by atoms with E-state index in [9.17, 15) is 37.5 Å². The van der Waals surface area contributed by atoms with Crippen molar-refractivity contribution in [2.75, 3.05) is 48.1 Å². The summed E-state index contributed by atoms with van der Waals surface area (Å²) in [4.78, 5) is 54.8. The van der Waals surface area contributed by atoms with Gasteiger partial charge in [0, 0.05) is 34.7 Å². The van der Waals surface area contributed by atoms with E-state index in [1.807, 2.05) is 0 Å². The lowest BCUT2D eigenvalue weighted by molar-refractivity contribution is -0.125. The number of imide groups is 2. The van der Waals surface area contributed by atoms with Crippen molar-refractivity contribution in [2.45, 2.75) is 28.5 Å². The summed E-state index contributed by atoms with van der Waals surface area (Å²) in [7, 11) is 1.22. The first-order valence-electron chi connectivity index (χ1n) is 16.9. The molecular formula is C37H27BrCl2F5N3O7. The molecule has 0 spiro atoms. The maximum atomic E-state index is 15.3. The molecule has 6 atom stereocenters. The summed E-state index contributed by atoms with van der Waals surface area (Å²) in [6.45, 7) is 2.37. The smallest absolute Gasteiger partial charge is 0.258 e. The van der Waals surface area contributed by atoms with Gasteiger partial charge >= 0.3 is 0 Å². The number of aromatic hydroxyl groups is 1. The molecule has 6 unspecified atom stereocenters. The standard InChI is InChI=1S/C37H27BrCl2F5N3O7/c1-54-22-13-15(38)12-20(31(22)49)24-18-6-7-19-23(33(51)47(32(19)50)17-4-2-16(3-5-17)46-8-10-55-11-9-46)21(18)14-36(39)34(52)48(35(53)37(24,36)40)30-28(44)26(42)25(41)27(43)29(30)45/h2-6,12-13,19,21,23-24,49H,7-11,14H2,1H3. The number of amides is 4. The number of hydrogen-bond acceptors (Lipinski definition) is 8. The summed E-state index contributed by atoms with van der Waals surface area (Å²) in [6, 6.07) is 9.45. The lowest BCUT2D eigenvalue weighted by Crippen LogP contribution is -2.60. The molecule has 18 heteroatoms. The lowest BCUT2D eigenvalue weighted by Gasteiger charge is -2.50. The zero-order chi connectivity index (χ0) is 39.5. The van der Waals surface area contributed by atoms with Gasteiger partial charge in [0.1, 0.15) is 5.69 Å². The van der Waals surface area contributed by atoms with Crippen molar-refractivity contribution in [1.29, 1.82) is 0 Å². The Morgan fingerprint density at radius 3 is 2.05 bits per heavy atom. The molecule has 0 radical (unpaired) electrons. The summed E-state index contributed by atoms with van der Waals surface area (Å²) < 4.78 is 84.9. The van der Waals surface area contributed by atoms with Crippen molar-refractivity contribution < 1.29 is 55.7 Å². The van der Waals surface area contributed by atoms with Gasteiger partial charge in [0.2, 0.25) is 17.6 Å². The Morgan fingerprint density at radius 1 is 0.836 bits per heavy atom. The van der Waals surface area contributed by atoms with Gasteiger partial charge in [-0.05, 0) is 55.2 Å². The number of benzene rings is 3. The van der Waals surface area contributed by atoms with Crippen molar-refractivity contribution >= 4 is 79.8 Å². The molecule has 2 aliphatic carbocycles. The van der Waals surface area contributed by atoms with E-state index in [1.54, 1.807) is 30.3 Å². The van der Waals surface area contributed by atoms with Crippen molar-refractivity contribution in [1.82, 2.24) is 0 Å². The number of nitrogens with zero attached hydrogens (tertiary/aromatic N) is 3. The fraction of sp³-hybridized carbons (Fsp3) is 0.351. The van der Waals surface area contributed by atoms with Crippen LogP contribution in [0.25, 0.3) is 0 Å². The van der Waals surface area contributed by atoms with Crippen molar-refractivity contribution in [2.24, 2.45) is 17.8 Å². The van der Waals surface area contributed by atoms with Crippen LogP contribution in [-0.4, -0.2) is 71.9 Å². The molecular weight excluding hydrogens is 844 g/mol. The van der Waals surface area contributed by atoms with Crippen LogP contribution in [0.15, 0.2) is 52.5 Å². The normalized spacial score (nSPS) is 29.0. The van der Waals surface area contributed by atoms with Gasteiger partial charge < -0.3 is 19.5 Å². The highest BCUT2D eigenvalue weighted by Gasteiger charge is 2.77. The van der Waals surface area contributed by atoms with Gasteiger partial charge in [-0.2, -0.15) is 0 Å². The number of fused-ring (bicyclic) bond motifs is 4. The van der Waals surface area contributed by atoms with Gasteiger partial charge in [-0.3, -0.25) is 24.1 Å². The van der Waals surface area contributed by atoms with Crippen LogP contribution < -0.4 is 19.4 Å². The van der Waals surface area contributed by atoms with Crippen LogP contribution in [-0.2, 0) is 23.9 Å². The molecule has 4 amide bonds. The monoisotopic (exact) mass is 869 g/mol. The number of morpholine rings is 1. The third-order valence-electron chi connectivity index (χ3n) is 11.3. The molecule has 3 heterocycles. The fourth-order valence-electron chi connectivity index (χ4n) is 8.77. The van der Waals surface area contributed by atoms with Gasteiger partial charge in [-0.15, -0.1) is 23.2 Å². The van der Waals surface area contributed by atoms with E-state index in [0.29, 0.717) is 26.3 Å². The zero-order valence-electron chi connectivity index (χ0n) is 28.4. The molecule has 3 aromatic carbocycles. The third-order valence-corrected chi connectivity index (χ3v) is 13.2. The summed E-state index contributed by atoms with van der Waals surface area (Å²) in [5.74, 6) is -22.7. The number of rotatable bonds is 5. The second kappa shape index (κ2) is 13.2. The number of ether oxygens (including phenoxy) is 2. The number of carbonyl (C=O) groups is 4. The Balaban J connectivity index is 1.27. The first-order chi connectivity index (χ1) is 26.1. The van der Waals surface area contributed by atoms with Crippen molar-refractivity contribution in [3.05, 3.63) is 87.2 Å². The second-order valence-corrected chi connectivity index (χ2v) is 16.0. The highest BCUT2D eigenvalue weighted by molar-refractivity contribution is 9.10. The first kappa shape index (κ1) is 37.7. The van der Waals surface area contributed by atoms with Crippen LogP contribution in [0.3, 0.4) is 0 Å². The minimum absolute atomic E-state index is 0.0718. The van der Waals surface area contributed by atoms with Crippen LogP contribution >= 0.6 is 39.1 Å². The molecule has 0 aromatic heterocycles. The maximum absolute atomic E-state index is 15.3. The average Bonchev–Trinajstić information content (AvgIpc) is 3.52. The van der Waals surface area contributed by atoms with E-state index in [2.05, 4.69) is 20.8 Å². The van der Waals surface area contributed by atoms with Crippen molar-refractivity contribution in [3.63, 3.8) is 0 Å². The van der Waals surface area contributed by atoms with Gasteiger partial charge in [0.25, 0.3) is 11.8 Å². The number of halogens is 8. The number of hydrogen-bond donors (Lipinski definition) is 1. The van der Waals surface area contributed by atoms with Crippen LogP contribution in [0, 0.1) is 46.8 Å². The molecule has 5 aliphatic rings. The third kappa shape index (κ3) is 5.13. The van der Waals surface area contributed by atoms with E-state index in [0.717, 1.165) is 10.6 Å². The number of methoxy groups -OCH3 is 1. The van der Waals surface area contributed by atoms with Crippen LogP contribution in [0.1, 0.15) is 24.3 Å². The Bertz CT molecular complexity index is 2230. The topological polar surface area (TPSA) is 117 Å². The summed E-state index contributed by atoms with van der Waals surface area (Å²) in [5, 5.41) is 11.5. The quantitative estimate of drug-likeness (QED) is 0.0776. The summed E-state index contributed by atoms with van der Waals surface area (Å²) in [6.07, 6.45) is 0.781. The molecule has 3 aromatic rings. The molecule has 0 bridgehead atoms. The molecule has 288 valence electrons. The molecule has 1 N–H and O–H groups in total. The van der Waals surface area contributed by atoms with Gasteiger partial charge in [-0.1, -0.05) is 27.6 Å². The van der Waals surface area contributed by atoms with Gasteiger partial charge in [0.05, 0.1) is 37.8 Å². The Hall–Kier alpha value is -4.25. The molecule has 3 saturated heterocycles. The Morgan fingerprint density at radius 2 is 1.44 bits per heavy atom. The number of carbonyl (C=O) groups excluding carboxylic acids is 4. The minimum Gasteiger partial charge on any atom is -0.504 e. The highest BCUT2D eigenvalue weighted by Crippen LogP contribution is 2.67. The minimum atomic E-state index is -2.81. The Labute approximate surface area is 327 Å². The van der Waals surface area contributed by atoms with E-state index in [-0.39, 0.29) is 38.4 Å². The second-order valence-electron chi connectivity index (χ2n) is 13.9. The average molecular weight is 871 g/mol. The largest absolute Gasteiger partial charge is 0.504 e. The predicted octanol–water partition coefficient (Wildman–Crippen LogP) is 6.46. The number of anilines is 3. The maximum Gasteiger partial charge on any atom is 0.258 e. The fourth-order valence-corrected chi connectivity index (χ4v) is 10.2. The molecule has 4 fully saturated rings. The molecule has 10 nitrogen and oxygen atoms in total. The number of allylic oxidation sites excluding steroid dienone is 2. The first-order valence-corrected chi connectivity index (χ1v) is 18.5. The highest BCUT2D eigenvalue weighted by atomic mass is 79.9. The predicted molar refractivity (Wildman–Crippen MR) is 191 cm³/mol. The number of alkyl halides is 2. The Kier molecular flexibility index (Phi) is 9.02. The van der Waals surface area contributed by atoms with Gasteiger partial charge in [-0.25, -0.2) is 26.9 Å². The van der Waals surface area contributed by atoms with E-state index in [4.69, 9.17) is 32.7 Å². The van der Waals surface area contributed by atoms with E-state index >= 15 is 8.78 Å². The van der Waals surface area contributed by atoms with Crippen LogP contribution in [0.2, 0.25) is 0 Å². The molecule has 1 saturated carbocycles. The van der Waals surface area contributed by atoms with Crippen LogP contribution in [0.4, 0.5) is 39.0 Å². The van der Waals surface area contributed by atoms with E-state index < -0.39 is 104 Å². The van der Waals surface area contributed by atoms with Crippen molar-refractivity contribution in [3.8, 4) is 11.5 Å². The summed E-state index contributed by atoms with van der Waals surface area (Å²) in [5.41, 5.74) is -0.800. The lowest BCUT2D eigenvalue weighted by atomic mass is 9.56.